The summed E-state index contributed by atoms with van der Waals surface area (Å²) in [5, 5.41) is 4.42. The van der Waals surface area contributed by atoms with Crippen LogP contribution in [0.4, 0.5) is 13.2 Å². The fraction of sp³-hybridized carbons (Fsp3) is 0.353. The minimum atomic E-state index is -4.57. The zero-order chi connectivity index (χ0) is 21.7. The third kappa shape index (κ3) is 7.35. The molecule has 0 radical (unpaired) electrons. The van der Waals surface area contributed by atoms with Crippen LogP contribution < -0.4 is 14.6 Å². The third-order valence-electron chi connectivity index (χ3n) is 3.50. The molecule has 0 aliphatic rings. The summed E-state index contributed by atoms with van der Waals surface area (Å²) in [7, 11) is -4.07. The number of hydrogen-bond acceptors (Lipinski definition) is 6. The summed E-state index contributed by atoms with van der Waals surface area (Å²) in [5.41, 5.74) is -0.228. The highest BCUT2D eigenvalue weighted by atomic mass is 35.5. The number of nitrogens with two attached hydrogens (primary N) is 1. The maximum absolute atomic E-state index is 12.8. The molecule has 2 rings (SSSR count). The lowest BCUT2D eigenvalue weighted by atomic mass is 10.1. The molecular weight excluding hydrogens is 437 g/mol. The van der Waals surface area contributed by atoms with E-state index in [4.69, 9.17) is 26.2 Å². The maximum atomic E-state index is 12.8. The first-order chi connectivity index (χ1) is 13.5. The lowest BCUT2D eigenvalue weighted by Crippen LogP contribution is -2.19. The van der Waals surface area contributed by atoms with Crippen molar-refractivity contribution in [1.29, 1.82) is 0 Å². The van der Waals surface area contributed by atoms with E-state index >= 15 is 0 Å². The van der Waals surface area contributed by atoms with Crippen molar-refractivity contribution >= 4 is 21.9 Å². The van der Waals surface area contributed by atoms with Gasteiger partial charge in [-0.2, -0.15) is 21.6 Å². The van der Waals surface area contributed by atoms with E-state index in [1.807, 2.05) is 6.92 Å². The van der Waals surface area contributed by atoms with Crippen molar-refractivity contribution in [2.75, 3.05) is 13.2 Å². The first-order valence-electron chi connectivity index (χ1n) is 8.33. The largest absolute Gasteiger partial charge is 0.491 e. The quantitative estimate of drug-likeness (QED) is 0.572. The Labute approximate surface area is 170 Å². The summed E-state index contributed by atoms with van der Waals surface area (Å²) in [6.07, 6.45) is -2.53. The van der Waals surface area contributed by atoms with E-state index in [1.165, 1.54) is 6.07 Å². The molecule has 0 saturated carbocycles. The molecule has 0 atom stereocenters. The van der Waals surface area contributed by atoms with Crippen LogP contribution in [0.15, 0.2) is 30.5 Å². The van der Waals surface area contributed by atoms with Crippen LogP contribution in [0, 0.1) is 0 Å². The molecule has 0 saturated heterocycles. The van der Waals surface area contributed by atoms with Gasteiger partial charge in [-0.1, -0.05) is 31.0 Å². The second-order valence-corrected chi connectivity index (χ2v) is 7.42. The van der Waals surface area contributed by atoms with E-state index in [0.717, 1.165) is 18.1 Å². The van der Waals surface area contributed by atoms with Crippen molar-refractivity contribution in [3.05, 3.63) is 46.6 Å². The fourth-order valence-electron chi connectivity index (χ4n) is 2.26. The monoisotopic (exact) mass is 454 g/mol. The molecular formula is C17H18ClF3N2O5S. The number of rotatable bonds is 9. The predicted octanol–water partition coefficient (Wildman–Crippen LogP) is 4.10. The van der Waals surface area contributed by atoms with Crippen LogP contribution in [0.1, 0.15) is 24.5 Å². The zero-order valence-electron chi connectivity index (χ0n) is 15.2. The summed E-state index contributed by atoms with van der Waals surface area (Å²) in [6.45, 7) is 1.54. The minimum absolute atomic E-state index is 0.109. The van der Waals surface area contributed by atoms with E-state index in [1.54, 1.807) is 12.1 Å². The maximum Gasteiger partial charge on any atom is 0.417 e. The van der Waals surface area contributed by atoms with Crippen LogP contribution in [0.25, 0.3) is 0 Å². The predicted molar refractivity (Wildman–Crippen MR) is 99.3 cm³/mol. The smallest absolute Gasteiger partial charge is 0.417 e. The summed E-state index contributed by atoms with van der Waals surface area (Å²) in [5.74, 6) is 0.429. The molecule has 0 aliphatic heterocycles. The molecule has 7 nitrogen and oxygen atoms in total. The van der Waals surface area contributed by atoms with E-state index in [2.05, 4.69) is 9.17 Å². The van der Waals surface area contributed by atoms with Gasteiger partial charge in [0.05, 0.1) is 5.56 Å². The van der Waals surface area contributed by atoms with Crippen LogP contribution >= 0.6 is 11.6 Å². The highest BCUT2D eigenvalue weighted by Gasteiger charge is 2.31. The molecule has 1 aromatic heterocycles. The van der Waals surface area contributed by atoms with Gasteiger partial charge in [0.25, 0.3) is 0 Å². The van der Waals surface area contributed by atoms with Crippen LogP contribution in [0.3, 0.4) is 0 Å². The van der Waals surface area contributed by atoms with E-state index < -0.39 is 22.0 Å². The Balaban J connectivity index is 2.19. The van der Waals surface area contributed by atoms with Crippen molar-refractivity contribution in [2.45, 2.75) is 25.9 Å². The zero-order valence-corrected chi connectivity index (χ0v) is 16.8. The van der Waals surface area contributed by atoms with Crippen molar-refractivity contribution in [3.8, 4) is 17.4 Å². The van der Waals surface area contributed by atoms with Gasteiger partial charge in [-0.25, -0.2) is 10.1 Å². The molecule has 160 valence electrons. The van der Waals surface area contributed by atoms with E-state index in [9.17, 15) is 21.6 Å². The number of pyridine rings is 1. The Bertz CT molecular complexity index is 955. The van der Waals surface area contributed by atoms with Crippen LogP contribution in [-0.2, 0) is 27.1 Å². The number of ether oxygens (including phenoxy) is 2. The summed E-state index contributed by atoms with van der Waals surface area (Å²) in [4.78, 5) is 3.66. The normalized spacial score (nSPS) is 12.1. The molecule has 1 heterocycles. The Kier molecular flexibility index (Phi) is 7.69. The number of aryl methyl sites for hydroxylation is 1. The molecule has 0 fully saturated rings. The third-order valence-corrected chi connectivity index (χ3v) is 4.26. The van der Waals surface area contributed by atoms with E-state index in [0.29, 0.717) is 24.1 Å². The molecule has 12 heteroatoms. The standard InChI is InChI=1S/C17H18ClF3N2O5S/c1-2-3-11-4-5-13(26-6-7-27-29(22,24)25)9-15(11)28-16-14(18)8-12(10-23-16)17(19,20)21/h4-5,8-10H,2-3,6-7H2,1H3,(H2,22,24,25). The average Bonchev–Trinajstić information content (AvgIpc) is 2.61. The number of halogens is 4. The fourth-order valence-corrected chi connectivity index (χ4v) is 2.77. The van der Waals surface area contributed by atoms with Crippen molar-refractivity contribution < 1.29 is 35.2 Å². The van der Waals surface area contributed by atoms with Gasteiger partial charge in [0, 0.05) is 12.3 Å². The number of nitrogens with zero attached hydrogens (tertiary/aromatic N) is 1. The second-order valence-electron chi connectivity index (χ2n) is 5.79. The second kappa shape index (κ2) is 9.61. The SMILES string of the molecule is CCCc1ccc(OCCOS(N)(=O)=O)cc1Oc1ncc(C(F)(F)F)cc1Cl. The topological polar surface area (TPSA) is 101 Å². The molecule has 0 spiro atoms. The first-order valence-corrected chi connectivity index (χ1v) is 10.2. The molecule has 2 N–H and O–H groups in total. The Morgan fingerprint density at radius 2 is 1.93 bits per heavy atom. The van der Waals surface area contributed by atoms with E-state index in [-0.39, 0.29) is 24.1 Å². The number of aromatic nitrogens is 1. The van der Waals surface area contributed by atoms with Gasteiger partial charge in [-0.3, -0.25) is 4.18 Å². The van der Waals surface area contributed by atoms with Gasteiger partial charge in [0.15, 0.2) is 0 Å². The van der Waals surface area contributed by atoms with Gasteiger partial charge >= 0.3 is 16.5 Å². The van der Waals surface area contributed by atoms with Crippen molar-refractivity contribution in [3.63, 3.8) is 0 Å². The first kappa shape index (κ1) is 23.2. The molecule has 1 aromatic carbocycles. The van der Waals surface area contributed by atoms with Gasteiger partial charge in [0.2, 0.25) is 5.88 Å². The molecule has 0 unspecified atom stereocenters. The van der Waals surface area contributed by atoms with Gasteiger partial charge < -0.3 is 9.47 Å². The van der Waals surface area contributed by atoms with Gasteiger partial charge in [-0.05, 0) is 24.1 Å². The summed E-state index contributed by atoms with van der Waals surface area (Å²) < 4.78 is 75.1. The lowest BCUT2D eigenvalue weighted by Gasteiger charge is -2.14. The Hall–Kier alpha value is -2.08. The van der Waals surface area contributed by atoms with Crippen LogP contribution in [0.2, 0.25) is 5.02 Å². The number of alkyl halides is 3. The van der Waals surface area contributed by atoms with Gasteiger partial charge in [0.1, 0.15) is 29.7 Å². The number of benzene rings is 1. The molecule has 0 aliphatic carbocycles. The average molecular weight is 455 g/mol. The lowest BCUT2D eigenvalue weighted by molar-refractivity contribution is -0.137. The Morgan fingerprint density at radius 3 is 2.52 bits per heavy atom. The minimum Gasteiger partial charge on any atom is -0.491 e. The van der Waals surface area contributed by atoms with Crippen molar-refractivity contribution in [2.24, 2.45) is 5.14 Å². The van der Waals surface area contributed by atoms with Crippen LogP contribution in [-0.4, -0.2) is 26.6 Å². The van der Waals surface area contributed by atoms with Crippen LogP contribution in [0.5, 0.6) is 17.4 Å². The highest BCUT2D eigenvalue weighted by Crippen LogP contribution is 2.36. The highest BCUT2D eigenvalue weighted by molar-refractivity contribution is 7.84. The Morgan fingerprint density at radius 1 is 1.21 bits per heavy atom. The molecule has 2 aromatic rings. The van der Waals surface area contributed by atoms with Gasteiger partial charge in [-0.15, -0.1) is 0 Å². The summed E-state index contributed by atoms with van der Waals surface area (Å²) in [6, 6.07) is 5.58. The molecule has 0 bridgehead atoms. The molecule has 0 amide bonds. The molecule has 29 heavy (non-hydrogen) atoms. The summed E-state index contributed by atoms with van der Waals surface area (Å²) >= 11 is 5.90. The van der Waals surface area contributed by atoms with Crippen molar-refractivity contribution in [1.82, 2.24) is 4.98 Å². The number of hydrogen-bond donors (Lipinski definition) is 1.